The van der Waals surface area contributed by atoms with Crippen LogP contribution in [0.3, 0.4) is 0 Å². The highest BCUT2D eigenvalue weighted by Crippen LogP contribution is 2.28. The Kier molecular flexibility index (Phi) is 3.54. The van der Waals surface area contributed by atoms with Gasteiger partial charge in [-0.2, -0.15) is 8.78 Å². The van der Waals surface area contributed by atoms with Crippen molar-refractivity contribution in [3.8, 4) is 0 Å². The molecule has 1 aromatic carbocycles. The minimum Gasteiger partial charge on any atom is -0.477 e. The molecule has 0 aliphatic heterocycles. The summed E-state index contributed by atoms with van der Waals surface area (Å²) < 4.78 is 51.3. The van der Waals surface area contributed by atoms with Crippen LogP contribution in [-0.4, -0.2) is 21.9 Å². The molecule has 0 unspecified atom stereocenters. The van der Waals surface area contributed by atoms with E-state index >= 15 is 0 Å². The number of nitro groups is 1. The number of halogens is 4. The predicted octanol–water partition coefficient (Wildman–Crippen LogP) is 2.14. The quantitative estimate of drug-likeness (QED) is 0.514. The first-order chi connectivity index (χ1) is 8.15. The first-order valence-electron chi connectivity index (χ1n) is 4.38. The van der Waals surface area contributed by atoms with Gasteiger partial charge >= 0.3 is 11.9 Å². The largest absolute Gasteiger partial charge is 0.477 e. The minimum absolute atomic E-state index is 0.128. The molecule has 0 aromatic heterocycles. The van der Waals surface area contributed by atoms with Crippen LogP contribution in [0.1, 0.15) is 5.56 Å². The molecule has 18 heavy (non-hydrogen) atoms. The van der Waals surface area contributed by atoms with Gasteiger partial charge in [0.05, 0.1) is 17.4 Å². The molecule has 0 saturated carbocycles. The van der Waals surface area contributed by atoms with Gasteiger partial charge in [0, 0.05) is 5.56 Å². The molecule has 0 spiro atoms. The molecule has 1 rings (SSSR count). The highest BCUT2D eigenvalue weighted by atomic mass is 19.3. The first-order valence-corrected chi connectivity index (χ1v) is 4.38. The lowest BCUT2D eigenvalue weighted by molar-refractivity contribution is -0.386. The molecular formula is C9H5F4NO4. The summed E-state index contributed by atoms with van der Waals surface area (Å²) in [6, 6.07) is 0.312. The summed E-state index contributed by atoms with van der Waals surface area (Å²) in [5, 5.41) is 18.6. The van der Waals surface area contributed by atoms with Gasteiger partial charge in [-0.25, -0.2) is 13.6 Å². The Bertz CT molecular complexity index is 518. The summed E-state index contributed by atoms with van der Waals surface area (Å²) in [5.74, 6) is -9.97. The molecule has 0 bridgehead atoms. The monoisotopic (exact) mass is 267 g/mol. The predicted molar refractivity (Wildman–Crippen MR) is 49.3 cm³/mol. The zero-order valence-electron chi connectivity index (χ0n) is 8.49. The van der Waals surface area contributed by atoms with Gasteiger partial charge in [-0.1, -0.05) is 0 Å². The number of alkyl halides is 2. The Morgan fingerprint density at radius 2 is 1.83 bits per heavy atom. The zero-order chi connectivity index (χ0) is 14.1. The maximum absolute atomic E-state index is 12.9. The fourth-order valence-corrected chi connectivity index (χ4v) is 1.20. The third-order valence-electron chi connectivity index (χ3n) is 2.04. The van der Waals surface area contributed by atoms with Crippen LogP contribution in [0.15, 0.2) is 12.1 Å². The molecule has 0 fully saturated rings. The molecular weight excluding hydrogens is 262 g/mol. The van der Waals surface area contributed by atoms with E-state index in [-0.39, 0.29) is 12.1 Å². The second kappa shape index (κ2) is 4.59. The van der Waals surface area contributed by atoms with E-state index in [1.807, 2.05) is 0 Å². The van der Waals surface area contributed by atoms with Crippen molar-refractivity contribution < 1.29 is 32.4 Å². The number of carbonyl (C=O) groups is 1. The lowest BCUT2D eigenvalue weighted by Crippen LogP contribution is -2.31. The smallest absolute Gasteiger partial charge is 0.374 e. The Morgan fingerprint density at radius 3 is 2.28 bits per heavy atom. The molecule has 0 atom stereocenters. The SMILES string of the molecule is O=C(O)C(F)(F)Cc1cc(F)c(F)cc1[N+](=O)[O-]. The topological polar surface area (TPSA) is 80.4 Å². The molecule has 0 amide bonds. The number of rotatable bonds is 4. The van der Waals surface area contributed by atoms with Crippen LogP contribution in [0, 0.1) is 21.7 Å². The number of nitro benzene ring substituents is 1. The standard InChI is InChI=1S/C9H5F4NO4/c10-5-1-4(3-9(12,13)8(15)16)7(14(17)18)2-6(5)11/h1-2H,3H2,(H,15,16). The highest BCUT2D eigenvalue weighted by molar-refractivity contribution is 5.76. The fraction of sp³-hybridized carbons (Fsp3) is 0.222. The Labute approximate surface area is 96.8 Å². The maximum Gasteiger partial charge on any atom is 0.374 e. The number of aliphatic carboxylic acids is 1. The third-order valence-corrected chi connectivity index (χ3v) is 2.04. The van der Waals surface area contributed by atoms with Gasteiger partial charge in [-0.3, -0.25) is 10.1 Å². The summed E-state index contributed by atoms with van der Waals surface area (Å²) in [7, 11) is 0. The normalized spacial score (nSPS) is 11.3. The molecule has 0 saturated heterocycles. The highest BCUT2D eigenvalue weighted by Gasteiger charge is 2.41. The lowest BCUT2D eigenvalue weighted by atomic mass is 10.0. The number of hydrogen-bond acceptors (Lipinski definition) is 3. The molecule has 98 valence electrons. The van der Waals surface area contributed by atoms with Crippen LogP contribution in [0.25, 0.3) is 0 Å². The van der Waals surface area contributed by atoms with Crippen LogP contribution in [0.2, 0.25) is 0 Å². The summed E-state index contributed by atoms with van der Waals surface area (Å²) in [5.41, 5.74) is -2.00. The van der Waals surface area contributed by atoms with Gasteiger partial charge in [0.2, 0.25) is 0 Å². The molecule has 1 aromatic rings. The second-order valence-corrected chi connectivity index (χ2v) is 3.34. The average molecular weight is 267 g/mol. The van der Waals surface area contributed by atoms with Crippen molar-refractivity contribution in [1.82, 2.24) is 0 Å². The van der Waals surface area contributed by atoms with Gasteiger partial charge < -0.3 is 5.11 Å². The van der Waals surface area contributed by atoms with Crippen molar-refractivity contribution in [2.75, 3.05) is 0 Å². The van der Waals surface area contributed by atoms with E-state index in [1.54, 1.807) is 0 Å². The van der Waals surface area contributed by atoms with Crippen molar-refractivity contribution in [3.63, 3.8) is 0 Å². The molecule has 0 radical (unpaired) electrons. The molecule has 0 aliphatic carbocycles. The molecule has 1 N–H and O–H groups in total. The first kappa shape index (κ1) is 13.9. The van der Waals surface area contributed by atoms with Gasteiger partial charge in [0.25, 0.3) is 5.69 Å². The molecule has 9 heteroatoms. The zero-order valence-corrected chi connectivity index (χ0v) is 8.49. The van der Waals surface area contributed by atoms with E-state index < -0.39 is 46.1 Å². The number of carboxylic acids is 1. The van der Waals surface area contributed by atoms with Crippen LogP contribution >= 0.6 is 0 Å². The van der Waals surface area contributed by atoms with Gasteiger partial charge in [0.15, 0.2) is 11.6 Å². The van der Waals surface area contributed by atoms with E-state index in [1.165, 1.54) is 0 Å². The van der Waals surface area contributed by atoms with Crippen LogP contribution < -0.4 is 0 Å². The summed E-state index contributed by atoms with van der Waals surface area (Å²) in [6.07, 6.45) is -1.60. The molecule has 5 nitrogen and oxygen atoms in total. The van der Waals surface area contributed by atoms with E-state index in [9.17, 15) is 32.5 Å². The van der Waals surface area contributed by atoms with Crippen molar-refractivity contribution in [1.29, 1.82) is 0 Å². The van der Waals surface area contributed by atoms with E-state index in [4.69, 9.17) is 5.11 Å². The van der Waals surface area contributed by atoms with Gasteiger partial charge in [-0.05, 0) is 6.07 Å². The number of benzene rings is 1. The van der Waals surface area contributed by atoms with Crippen LogP contribution in [0.5, 0.6) is 0 Å². The summed E-state index contributed by atoms with van der Waals surface area (Å²) in [6.45, 7) is 0. The maximum atomic E-state index is 12.9. The Hall–Kier alpha value is -2.19. The van der Waals surface area contributed by atoms with E-state index in [2.05, 4.69) is 0 Å². The molecule has 0 aliphatic rings. The van der Waals surface area contributed by atoms with E-state index in [0.29, 0.717) is 0 Å². The van der Waals surface area contributed by atoms with Gasteiger partial charge in [-0.15, -0.1) is 0 Å². The number of hydrogen-bond donors (Lipinski definition) is 1. The van der Waals surface area contributed by atoms with Gasteiger partial charge in [0.1, 0.15) is 0 Å². The van der Waals surface area contributed by atoms with Crippen LogP contribution in [-0.2, 0) is 11.2 Å². The third kappa shape index (κ3) is 2.73. The number of nitrogens with zero attached hydrogens (tertiary/aromatic N) is 1. The fourth-order valence-electron chi connectivity index (χ4n) is 1.20. The van der Waals surface area contributed by atoms with Crippen LogP contribution in [0.4, 0.5) is 23.2 Å². The van der Waals surface area contributed by atoms with E-state index in [0.717, 1.165) is 0 Å². The van der Waals surface area contributed by atoms with Crippen molar-refractivity contribution >= 4 is 11.7 Å². The minimum atomic E-state index is -4.31. The summed E-state index contributed by atoms with van der Waals surface area (Å²) >= 11 is 0. The van der Waals surface area contributed by atoms with Crippen molar-refractivity contribution in [2.45, 2.75) is 12.3 Å². The van der Waals surface area contributed by atoms with Crippen molar-refractivity contribution in [2.24, 2.45) is 0 Å². The average Bonchev–Trinajstić information content (AvgIpc) is 2.22. The second-order valence-electron chi connectivity index (χ2n) is 3.34. The number of carboxylic acid groups (broad SMARTS) is 1. The Balaban J connectivity index is 3.27. The molecule has 0 heterocycles. The lowest BCUT2D eigenvalue weighted by Gasteiger charge is -2.11. The summed E-state index contributed by atoms with van der Waals surface area (Å²) in [4.78, 5) is 19.4. The Morgan fingerprint density at radius 1 is 1.33 bits per heavy atom. The van der Waals surface area contributed by atoms with Crippen molar-refractivity contribution in [3.05, 3.63) is 39.4 Å².